The molecule has 15 heavy (non-hydrogen) atoms. The van der Waals surface area contributed by atoms with Gasteiger partial charge in [-0.25, -0.2) is 4.98 Å². The van der Waals surface area contributed by atoms with E-state index in [-0.39, 0.29) is 6.61 Å². The number of hydrogen-bond donors (Lipinski definition) is 1. The Kier molecular flexibility index (Phi) is 2.44. The van der Waals surface area contributed by atoms with Gasteiger partial charge in [-0.2, -0.15) is 5.10 Å². The highest BCUT2D eigenvalue weighted by Gasteiger charge is 2.43. The zero-order chi connectivity index (χ0) is 10.9. The third-order valence-electron chi connectivity index (χ3n) is 2.86. The lowest BCUT2D eigenvalue weighted by Gasteiger charge is -2.20. The van der Waals surface area contributed by atoms with Gasteiger partial charge < -0.3 is 9.84 Å². The molecule has 0 aromatic carbocycles. The van der Waals surface area contributed by atoms with Crippen molar-refractivity contribution in [3.63, 3.8) is 0 Å². The fraction of sp³-hybridized carbons (Fsp3) is 0.667. The SMILES string of the molecule is Cn1ncnc1CC1(C(=O)O)CCOC1. The molecule has 0 aliphatic carbocycles. The summed E-state index contributed by atoms with van der Waals surface area (Å²) in [7, 11) is 1.76. The Morgan fingerprint density at radius 3 is 3.07 bits per heavy atom. The molecule has 1 saturated heterocycles. The van der Waals surface area contributed by atoms with E-state index in [0.29, 0.717) is 25.3 Å². The Balaban J connectivity index is 2.21. The van der Waals surface area contributed by atoms with E-state index in [2.05, 4.69) is 10.1 Å². The average Bonchev–Trinajstić information content (AvgIpc) is 2.78. The van der Waals surface area contributed by atoms with Crippen molar-refractivity contribution < 1.29 is 14.6 Å². The minimum atomic E-state index is -0.819. The Labute approximate surface area is 86.9 Å². The number of hydrogen-bond acceptors (Lipinski definition) is 4. The van der Waals surface area contributed by atoms with Crippen LogP contribution in [0.5, 0.6) is 0 Å². The minimum absolute atomic E-state index is 0.259. The Bertz CT molecular complexity index is 368. The second-order valence-corrected chi connectivity index (χ2v) is 3.86. The highest BCUT2D eigenvalue weighted by Crippen LogP contribution is 2.32. The molecule has 1 fully saturated rings. The van der Waals surface area contributed by atoms with Crippen LogP contribution in [0.15, 0.2) is 6.33 Å². The molecule has 2 rings (SSSR count). The molecule has 0 saturated carbocycles. The first-order valence-corrected chi connectivity index (χ1v) is 4.78. The van der Waals surface area contributed by atoms with Gasteiger partial charge in [0, 0.05) is 20.1 Å². The van der Waals surface area contributed by atoms with Crippen LogP contribution in [-0.4, -0.2) is 39.1 Å². The van der Waals surface area contributed by atoms with Crippen LogP contribution in [0.1, 0.15) is 12.2 Å². The van der Waals surface area contributed by atoms with Crippen LogP contribution in [0.25, 0.3) is 0 Å². The maximum absolute atomic E-state index is 11.2. The normalized spacial score (nSPS) is 25.7. The molecule has 1 aromatic heterocycles. The summed E-state index contributed by atoms with van der Waals surface area (Å²) in [6.45, 7) is 0.763. The molecule has 1 N–H and O–H groups in total. The van der Waals surface area contributed by atoms with Crippen molar-refractivity contribution in [2.75, 3.05) is 13.2 Å². The molecule has 0 bridgehead atoms. The van der Waals surface area contributed by atoms with Crippen molar-refractivity contribution in [2.45, 2.75) is 12.8 Å². The topological polar surface area (TPSA) is 77.2 Å². The number of nitrogens with zero attached hydrogens (tertiary/aromatic N) is 3. The van der Waals surface area contributed by atoms with Gasteiger partial charge in [0.05, 0.1) is 6.61 Å². The molecule has 1 aromatic rings. The number of carbonyl (C=O) groups is 1. The highest BCUT2D eigenvalue weighted by molar-refractivity contribution is 5.75. The van der Waals surface area contributed by atoms with Crippen LogP contribution in [0.2, 0.25) is 0 Å². The zero-order valence-corrected chi connectivity index (χ0v) is 8.51. The van der Waals surface area contributed by atoms with Crippen molar-refractivity contribution >= 4 is 5.97 Å². The van der Waals surface area contributed by atoms with E-state index in [9.17, 15) is 9.90 Å². The summed E-state index contributed by atoms with van der Waals surface area (Å²) in [6, 6.07) is 0. The number of ether oxygens (including phenoxy) is 1. The van der Waals surface area contributed by atoms with Crippen molar-refractivity contribution in [1.82, 2.24) is 14.8 Å². The highest BCUT2D eigenvalue weighted by atomic mass is 16.5. The van der Waals surface area contributed by atoms with E-state index in [1.54, 1.807) is 11.7 Å². The van der Waals surface area contributed by atoms with Gasteiger partial charge in [-0.15, -0.1) is 0 Å². The fourth-order valence-electron chi connectivity index (χ4n) is 1.77. The summed E-state index contributed by atoms with van der Waals surface area (Å²) in [5, 5.41) is 13.1. The zero-order valence-electron chi connectivity index (χ0n) is 8.51. The average molecular weight is 211 g/mol. The first-order valence-electron chi connectivity index (χ1n) is 4.78. The Hall–Kier alpha value is -1.43. The molecule has 0 spiro atoms. The summed E-state index contributed by atoms with van der Waals surface area (Å²) in [4.78, 5) is 15.3. The van der Waals surface area contributed by atoms with Gasteiger partial charge in [-0.3, -0.25) is 9.48 Å². The molecule has 1 aliphatic rings. The molecule has 6 heteroatoms. The van der Waals surface area contributed by atoms with Crippen LogP contribution >= 0.6 is 0 Å². The number of aliphatic carboxylic acids is 1. The molecular formula is C9H13N3O3. The summed E-state index contributed by atoms with van der Waals surface area (Å²) >= 11 is 0. The van der Waals surface area contributed by atoms with Crippen LogP contribution < -0.4 is 0 Å². The monoisotopic (exact) mass is 211 g/mol. The van der Waals surface area contributed by atoms with Crippen LogP contribution in [-0.2, 0) is 23.0 Å². The van der Waals surface area contributed by atoms with Gasteiger partial charge >= 0.3 is 5.97 Å². The van der Waals surface area contributed by atoms with Gasteiger partial charge in [-0.05, 0) is 6.42 Å². The summed E-state index contributed by atoms with van der Waals surface area (Å²) < 4.78 is 6.77. The second kappa shape index (κ2) is 3.62. The van der Waals surface area contributed by atoms with Crippen molar-refractivity contribution in [3.05, 3.63) is 12.2 Å². The second-order valence-electron chi connectivity index (χ2n) is 3.86. The third-order valence-corrected chi connectivity index (χ3v) is 2.86. The summed E-state index contributed by atoms with van der Waals surface area (Å²) in [5.41, 5.74) is -0.819. The fourth-order valence-corrected chi connectivity index (χ4v) is 1.77. The number of aromatic nitrogens is 3. The Morgan fingerprint density at radius 1 is 1.80 bits per heavy atom. The Morgan fingerprint density at radius 2 is 2.60 bits per heavy atom. The summed E-state index contributed by atoms with van der Waals surface area (Å²) in [6.07, 6.45) is 2.34. The molecule has 2 heterocycles. The smallest absolute Gasteiger partial charge is 0.312 e. The molecule has 82 valence electrons. The lowest BCUT2D eigenvalue weighted by molar-refractivity contribution is -0.149. The predicted octanol–water partition coefficient (Wildman–Crippen LogP) is -0.151. The van der Waals surface area contributed by atoms with E-state index in [1.165, 1.54) is 6.33 Å². The molecule has 6 nitrogen and oxygen atoms in total. The predicted molar refractivity (Wildman–Crippen MR) is 50.2 cm³/mol. The van der Waals surface area contributed by atoms with Crippen molar-refractivity contribution in [2.24, 2.45) is 12.5 Å². The molecule has 1 atom stereocenters. The van der Waals surface area contributed by atoms with E-state index in [0.717, 1.165) is 0 Å². The van der Waals surface area contributed by atoms with E-state index in [4.69, 9.17) is 4.74 Å². The number of carboxylic acids is 1. The number of aryl methyl sites for hydroxylation is 1. The standard InChI is InChI=1S/C9H13N3O3/c1-12-7(10-6-11-12)4-9(8(13)14)2-3-15-5-9/h6H,2-5H2,1H3,(H,13,14). The van der Waals surface area contributed by atoms with Gasteiger partial charge in [0.15, 0.2) is 0 Å². The minimum Gasteiger partial charge on any atom is -0.481 e. The van der Waals surface area contributed by atoms with Gasteiger partial charge in [0.2, 0.25) is 0 Å². The van der Waals surface area contributed by atoms with Crippen LogP contribution in [0.4, 0.5) is 0 Å². The first-order chi connectivity index (χ1) is 7.14. The lowest BCUT2D eigenvalue weighted by atomic mass is 9.83. The largest absolute Gasteiger partial charge is 0.481 e. The maximum Gasteiger partial charge on any atom is 0.312 e. The lowest BCUT2D eigenvalue weighted by Crippen LogP contribution is -2.34. The van der Waals surface area contributed by atoms with Crippen molar-refractivity contribution in [3.8, 4) is 0 Å². The first kappa shape index (κ1) is 10.1. The molecule has 0 amide bonds. The van der Waals surface area contributed by atoms with Crippen molar-refractivity contribution in [1.29, 1.82) is 0 Å². The summed E-state index contributed by atoms with van der Waals surface area (Å²) in [5.74, 6) is -0.133. The van der Waals surface area contributed by atoms with Crippen LogP contribution in [0, 0.1) is 5.41 Å². The van der Waals surface area contributed by atoms with Gasteiger partial charge in [0.25, 0.3) is 0 Å². The van der Waals surface area contributed by atoms with Gasteiger partial charge in [0.1, 0.15) is 17.6 Å². The van der Waals surface area contributed by atoms with Gasteiger partial charge in [-0.1, -0.05) is 0 Å². The molecule has 1 aliphatic heterocycles. The van der Waals surface area contributed by atoms with E-state index in [1.807, 2.05) is 0 Å². The van der Waals surface area contributed by atoms with E-state index >= 15 is 0 Å². The van der Waals surface area contributed by atoms with E-state index < -0.39 is 11.4 Å². The maximum atomic E-state index is 11.2. The van der Waals surface area contributed by atoms with Crippen LogP contribution in [0.3, 0.4) is 0 Å². The quantitative estimate of drug-likeness (QED) is 0.752. The number of rotatable bonds is 3. The molecule has 0 radical (unpaired) electrons. The third kappa shape index (κ3) is 1.72. The molecular weight excluding hydrogens is 198 g/mol. The molecule has 1 unspecified atom stereocenters. The number of carboxylic acid groups (broad SMARTS) is 1.